The van der Waals surface area contributed by atoms with Crippen molar-refractivity contribution >= 4 is 22.5 Å². The summed E-state index contributed by atoms with van der Waals surface area (Å²) in [4.78, 5) is 17.7. The van der Waals surface area contributed by atoms with Crippen LogP contribution in [0.15, 0.2) is 30.1 Å². The first-order chi connectivity index (χ1) is 22.0. The number of alkyl halides is 3. The molecule has 0 radical (unpaired) electrons. The molecule has 4 saturated heterocycles. The molecule has 8 nitrogen and oxygen atoms in total. The average Bonchev–Trinajstić information content (AvgIpc) is 3.62. The molecular weight excluding hydrogens is 605 g/mol. The summed E-state index contributed by atoms with van der Waals surface area (Å²) in [5, 5.41) is 4.23. The number of rotatable bonds is 6. The van der Waals surface area contributed by atoms with E-state index in [1.165, 1.54) is 13.0 Å². The zero-order chi connectivity index (χ0) is 32.0. The molecule has 0 spiro atoms. The lowest BCUT2D eigenvalue weighted by Crippen LogP contribution is -2.61. The Morgan fingerprint density at radius 2 is 1.98 bits per heavy atom. The second-order valence-electron chi connectivity index (χ2n) is 13.9. The summed E-state index contributed by atoms with van der Waals surface area (Å²) >= 11 is 0. The number of pyridine rings is 1. The van der Waals surface area contributed by atoms with Gasteiger partial charge in [-0.1, -0.05) is 0 Å². The molecule has 1 aromatic carbocycles. The van der Waals surface area contributed by atoms with Crippen LogP contribution in [0.25, 0.3) is 22.2 Å². The van der Waals surface area contributed by atoms with Crippen LogP contribution in [-0.2, 0) is 6.18 Å². The number of piperazine rings is 1. The SMILES string of the molecule is Cc1cc(N)nc(-c2ccc3c(N4C[C@@H]5CC[C@](C6CC6)(C4)N5)nc(OC[C@@]45CCCN4C/C(=C\F)C5)nc3c2F)c1C(F)(F)F. The molecule has 4 aliphatic heterocycles. The minimum atomic E-state index is -4.79. The highest BCUT2D eigenvalue weighted by Gasteiger charge is 2.53. The Morgan fingerprint density at radius 1 is 1.15 bits per heavy atom. The minimum absolute atomic E-state index is 0.0490. The summed E-state index contributed by atoms with van der Waals surface area (Å²) in [5.41, 5.74) is 3.82. The predicted molar refractivity (Wildman–Crippen MR) is 164 cm³/mol. The van der Waals surface area contributed by atoms with Gasteiger partial charge in [-0.3, -0.25) is 4.90 Å². The predicted octanol–water partition coefficient (Wildman–Crippen LogP) is 5.93. The third-order valence-electron chi connectivity index (χ3n) is 10.9. The van der Waals surface area contributed by atoms with Gasteiger partial charge in [0.25, 0.3) is 0 Å². The van der Waals surface area contributed by atoms with Gasteiger partial charge in [0.2, 0.25) is 0 Å². The molecule has 8 rings (SSSR count). The molecule has 3 atom stereocenters. The molecule has 3 N–H and O–H groups in total. The van der Waals surface area contributed by atoms with Crippen molar-refractivity contribution in [2.75, 3.05) is 43.4 Å². The van der Waals surface area contributed by atoms with Crippen LogP contribution in [0.2, 0.25) is 0 Å². The van der Waals surface area contributed by atoms with Gasteiger partial charge < -0.3 is 20.7 Å². The highest BCUT2D eigenvalue weighted by atomic mass is 19.4. The van der Waals surface area contributed by atoms with Crippen LogP contribution in [0, 0.1) is 18.7 Å². The van der Waals surface area contributed by atoms with E-state index in [1.807, 2.05) is 0 Å². The number of anilines is 2. The maximum atomic E-state index is 16.7. The van der Waals surface area contributed by atoms with Crippen LogP contribution in [0.1, 0.15) is 56.1 Å². The number of nitrogens with zero attached hydrogens (tertiary/aromatic N) is 5. The monoisotopic (exact) mass is 641 g/mol. The molecule has 244 valence electrons. The van der Waals surface area contributed by atoms with Crippen molar-refractivity contribution in [1.82, 2.24) is 25.2 Å². The average molecular weight is 642 g/mol. The van der Waals surface area contributed by atoms with Gasteiger partial charge in [-0.05, 0) is 93.7 Å². The number of hydrogen-bond donors (Lipinski definition) is 2. The largest absolute Gasteiger partial charge is 0.461 e. The second-order valence-corrected chi connectivity index (χ2v) is 13.9. The Labute approximate surface area is 263 Å². The molecule has 0 amide bonds. The maximum Gasteiger partial charge on any atom is 0.418 e. The zero-order valence-corrected chi connectivity index (χ0v) is 25.6. The topological polar surface area (TPSA) is 92.4 Å². The van der Waals surface area contributed by atoms with E-state index in [0.29, 0.717) is 55.1 Å². The molecule has 13 heteroatoms. The molecule has 2 aromatic heterocycles. The van der Waals surface area contributed by atoms with Crippen molar-refractivity contribution in [1.29, 1.82) is 0 Å². The van der Waals surface area contributed by atoms with Crippen LogP contribution in [0.4, 0.5) is 33.6 Å². The zero-order valence-electron chi connectivity index (χ0n) is 25.6. The first kappa shape index (κ1) is 29.8. The van der Waals surface area contributed by atoms with Crippen LogP contribution in [0.5, 0.6) is 6.01 Å². The third-order valence-corrected chi connectivity index (χ3v) is 10.9. The molecular formula is C33H36F5N7O. The highest BCUT2D eigenvalue weighted by molar-refractivity contribution is 5.94. The molecule has 3 aromatic rings. The van der Waals surface area contributed by atoms with Gasteiger partial charge >= 0.3 is 12.2 Å². The van der Waals surface area contributed by atoms with E-state index in [1.54, 1.807) is 6.07 Å². The summed E-state index contributed by atoms with van der Waals surface area (Å²) in [6, 6.07) is 4.21. The van der Waals surface area contributed by atoms with Crippen LogP contribution in [0.3, 0.4) is 0 Å². The van der Waals surface area contributed by atoms with E-state index in [2.05, 4.69) is 25.1 Å². The lowest BCUT2D eigenvalue weighted by molar-refractivity contribution is -0.137. The smallest absolute Gasteiger partial charge is 0.418 e. The normalized spacial score (nSPS) is 28.9. The van der Waals surface area contributed by atoms with E-state index in [0.717, 1.165) is 51.1 Å². The maximum absolute atomic E-state index is 16.7. The van der Waals surface area contributed by atoms with Crippen molar-refractivity contribution < 1.29 is 26.7 Å². The standard InChI is InChI=1S/C33H36F5N7O/c1-18-11-24(39)40-27(25(18)33(36,37)38)22-5-6-23-28(26(22)35)41-30(46-17-31-8-2-10-45(31)14-19(12-31)13-34)42-29(23)44-15-21-7-9-32(16-44,43-21)20-3-4-20/h5-6,11,13,20-21,43H,2-4,7-10,12,14-17H2,1H3,(H2,39,40)/b19-13-/t21-,31-,32+/m0/s1. The third kappa shape index (κ3) is 4.80. The quantitative estimate of drug-likeness (QED) is 0.320. The number of nitrogens with one attached hydrogen (secondary N) is 1. The van der Waals surface area contributed by atoms with E-state index in [4.69, 9.17) is 15.5 Å². The molecule has 46 heavy (non-hydrogen) atoms. The Morgan fingerprint density at radius 3 is 2.74 bits per heavy atom. The summed E-state index contributed by atoms with van der Waals surface area (Å²) in [5.74, 6) is -0.0345. The van der Waals surface area contributed by atoms with Gasteiger partial charge in [-0.25, -0.2) is 13.8 Å². The lowest BCUT2D eigenvalue weighted by atomic mass is 9.90. The fourth-order valence-corrected chi connectivity index (χ4v) is 8.68. The number of nitrogen functional groups attached to an aromatic ring is 1. The number of aromatic nitrogens is 3. The van der Waals surface area contributed by atoms with Crippen molar-refractivity contribution in [3.63, 3.8) is 0 Å². The first-order valence-electron chi connectivity index (χ1n) is 16.0. The Kier molecular flexibility index (Phi) is 6.78. The van der Waals surface area contributed by atoms with Crippen molar-refractivity contribution in [2.24, 2.45) is 5.92 Å². The molecule has 5 fully saturated rings. The van der Waals surface area contributed by atoms with E-state index < -0.39 is 28.8 Å². The van der Waals surface area contributed by atoms with Crippen LogP contribution in [-0.4, -0.2) is 69.8 Å². The summed E-state index contributed by atoms with van der Waals surface area (Å²) in [6.07, 6.45) is 2.55. The van der Waals surface area contributed by atoms with E-state index >= 15 is 4.39 Å². The number of nitrogens with two attached hydrogens (primary N) is 1. The number of aryl methyl sites for hydroxylation is 1. The number of hydrogen-bond acceptors (Lipinski definition) is 8. The number of halogens is 5. The van der Waals surface area contributed by atoms with Gasteiger partial charge in [-0.2, -0.15) is 23.1 Å². The highest BCUT2D eigenvalue weighted by Crippen LogP contribution is 2.49. The number of benzene rings is 1. The van der Waals surface area contributed by atoms with E-state index in [-0.39, 0.29) is 46.7 Å². The molecule has 2 bridgehead atoms. The molecule has 1 saturated carbocycles. The van der Waals surface area contributed by atoms with Crippen LogP contribution < -0.4 is 20.7 Å². The molecule has 0 unspecified atom stereocenters. The summed E-state index contributed by atoms with van der Waals surface area (Å²) in [6.45, 7) is 4.14. The van der Waals surface area contributed by atoms with Crippen LogP contribution >= 0.6 is 0 Å². The lowest BCUT2D eigenvalue weighted by Gasteiger charge is -2.42. The van der Waals surface area contributed by atoms with Gasteiger partial charge in [0.15, 0.2) is 5.82 Å². The van der Waals surface area contributed by atoms with E-state index in [9.17, 15) is 17.6 Å². The van der Waals surface area contributed by atoms with Gasteiger partial charge in [-0.15, -0.1) is 0 Å². The van der Waals surface area contributed by atoms with Crippen molar-refractivity contribution in [3.05, 3.63) is 47.0 Å². The number of fused-ring (bicyclic) bond motifs is 4. The summed E-state index contributed by atoms with van der Waals surface area (Å²) < 4.78 is 79.2. The Hall–Kier alpha value is -3.58. The summed E-state index contributed by atoms with van der Waals surface area (Å²) in [7, 11) is 0. The second kappa shape index (κ2) is 10.5. The Bertz CT molecular complexity index is 1760. The van der Waals surface area contributed by atoms with Crippen molar-refractivity contribution in [2.45, 2.75) is 75.2 Å². The Balaban J connectivity index is 1.25. The first-order valence-corrected chi connectivity index (χ1v) is 16.0. The minimum Gasteiger partial charge on any atom is -0.461 e. The van der Waals surface area contributed by atoms with Crippen molar-refractivity contribution in [3.8, 4) is 17.3 Å². The fraction of sp³-hybridized carbons (Fsp3) is 0.545. The molecule has 1 aliphatic carbocycles. The molecule has 5 aliphatic rings. The fourth-order valence-electron chi connectivity index (χ4n) is 8.68. The van der Waals surface area contributed by atoms with Gasteiger partial charge in [0.05, 0.1) is 23.1 Å². The van der Waals surface area contributed by atoms with Gasteiger partial charge in [0, 0.05) is 42.2 Å². The van der Waals surface area contributed by atoms with Gasteiger partial charge in [0.1, 0.15) is 23.8 Å². The molecule has 6 heterocycles. The number of ether oxygens (including phenoxy) is 1.